The van der Waals surface area contributed by atoms with E-state index in [9.17, 15) is 0 Å². The molecule has 0 N–H and O–H groups in total. The van der Waals surface area contributed by atoms with Crippen molar-refractivity contribution in [1.82, 2.24) is 0 Å². The first kappa shape index (κ1) is 7.69. The Morgan fingerprint density at radius 1 is 1.55 bits per heavy atom. The summed E-state index contributed by atoms with van der Waals surface area (Å²) >= 11 is 5.45. The van der Waals surface area contributed by atoms with E-state index in [0.29, 0.717) is 0 Å². The van der Waals surface area contributed by atoms with Gasteiger partial charge in [-0.2, -0.15) is 0 Å². The van der Waals surface area contributed by atoms with Gasteiger partial charge in [0, 0.05) is 15.1 Å². The lowest BCUT2D eigenvalue weighted by atomic mass is 10.0. The molecule has 1 aromatic carbocycles. The molecular weight excluding hydrogens is 220 g/mol. The highest BCUT2D eigenvalue weighted by Crippen LogP contribution is 2.40. The van der Waals surface area contributed by atoms with Crippen molar-refractivity contribution in [2.45, 2.75) is 17.7 Å². The SMILES string of the molecule is CC1CSc2ccc(Br)cc21. The zero-order valence-corrected chi connectivity index (χ0v) is 8.71. The van der Waals surface area contributed by atoms with Crippen molar-refractivity contribution in [3.8, 4) is 0 Å². The van der Waals surface area contributed by atoms with Gasteiger partial charge in [-0.3, -0.25) is 0 Å². The highest BCUT2D eigenvalue weighted by molar-refractivity contribution is 9.10. The molecule has 0 nitrogen and oxygen atoms in total. The van der Waals surface area contributed by atoms with E-state index in [1.54, 1.807) is 0 Å². The Labute approximate surface area is 79.5 Å². The summed E-state index contributed by atoms with van der Waals surface area (Å²) in [5, 5.41) is 0. The smallest absolute Gasteiger partial charge is 0.0178 e. The Kier molecular flexibility index (Phi) is 1.98. The van der Waals surface area contributed by atoms with E-state index in [1.807, 2.05) is 11.8 Å². The standard InChI is InChI=1S/C9H9BrS/c1-6-5-11-9-3-2-7(10)4-8(6)9/h2-4,6H,5H2,1H3. The first-order chi connectivity index (χ1) is 5.27. The predicted molar refractivity (Wildman–Crippen MR) is 53.3 cm³/mol. The summed E-state index contributed by atoms with van der Waals surface area (Å²) in [6.45, 7) is 2.28. The van der Waals surface area contributed by atoms with Crippen LogP contribution in [-0.4, -0.2) is 5.75 Å². The van der Waals surface area contributed by atoms with Gasteiger partial charge in [0.15, 0.2) is 0 Å². The minimum atomic E-state index is 0.729. The van der Waals surface area contributed by atoms with E-state index in [1.165, 1.54) is 20.7 Å². The lowest BCUT2D eigenvalue weighted by molar-refractivity contribution is 0.881. The predicted octanol–water partition coefficient (Wildman–Crippen LogP) is 3.66. The average Bonchev–Trinajstić information content (AvgIpc) is 2.33. The lowest BCUT2D eigenvalue weighted by Gasteiger charge is -2.02. The Balaban J connectivity index is 2.52. The normalized spacial score (nSPS) is 21.8. The lowest BCUT2D eigenvalue weighted by Crippen LogP contribution is -1.88. The van der Waals surface area contributed by atoms with E-state index in [0.717, 1.165) is 5.92 Å². The largest absolute Gasteiger partial charge is 0.125 e. The van der Waals surface area contributed by atoms with Crippen molar-refractivity contribution < 1.29 is 0 Å². The van der Waals surface area contributed by atoms with E-state index >= 15 is 0 Å². The van der Waals surface area contributed by atoms with E-state index < -0.39 is 0 Å². The van der Waals surface area contributed by atoms with Crippen LogP contribution in [0.5, 0.6) is 0 Å². The van der Waals surface area contributed by atoms with Crippen LogP contribution in [0.25, 0.3) is 0 Å². The first-order valence-electron chi connectivity index (χ1n) is 3.69. The van der Waals surface area contributed by atoms with Crippen molar-refractivity contribution >= 4 is 27.7 Å². The third-order valence-electron chi connectivity index (χ3n) is 1.99. The average molecular weight is 229 g/mol. The maximum absolute atomic E-state index is 3.48. The van der Waals surface area contributed by atoms with Crippen LogP contribution in [0.4, 0.5) is 0 Å². The molecule has 0 saturated heterocycles. The van der Waals surface area contributed by atoms with Crippen LogP contribution in [0.2, 0.25) is 0 Å². The summed E-state index contributed by atoms with van der Waals surface area (Å²) in [5.41, 5.74) is 1.50. The summed E-state index contributed by atoms with van der Waals surface area (Å²) in [6.07, 6.45) is 0. The van der Waals surface area contributed by atoms with Crippen molar-refractivity contribution in [1.29, 1.82) is 0 Å². The summed E-state index contributed by atoms with van der Waals surface area (Å²) in [4.78, 5) is 1.46. The molecule has 0 fully saturated rings. The van der Waals surface area contributed by atoms with Gasteiger partial charge in [0.1, 0.15) is 0 Å². The molecule has 0 bridgehead atoms. The Hall–Kier alpha value is 0.0500. The third kappa shape index (κ3) is 1.34. The molecule has 11 heavy (non-hydrogen) atoms. The van der Waals surface area contributed by atoms with Crippen molar-refractivity contribution in [3.63, 3.8) is 0 Å². The van der Waals surface area contributed by atoms with Gasteiger partial charge in [-0.25, -0.2) is 0 Å². The third-order valence-corrected chi connectivity index (χ3v) is 3.83. The zero-order valence-electron chi connectivity index (χ0n) is 6.30. The molecule has 1 aliphatic rings. The van der Waals surface area contributed by atoms with Gasteiger partial charge in [0.05, 0.1) is 0 Å². The number of benzene rings is 1. The molecule has 1 aromatic rings. The highest BCUT2D eigenvalue weighted by atomic mass is 79.9. The fourth-order valence-electron chi connectivity index (χ4n) is 1.34. The molecule has 0 spiro atoms. The molecule has 58 valence electrons. The van der Waals surface area contributed by atoms with Gasteiger partial charge >= 0.3 is 0 Å². The van der Waals surface area contributed by atoms with Gasteiger partial charge in [0.25, 0.3) is 0 Å². The van der Waals surface area contributed by atoms with Gasteiger partial charge < -0.3 is 0 Å². The molecule has 0 aromatic heterocycles. The van der Waals surface area contributed by atoms with Crippen LogP contribution in [0.15, 0.2) is 27.6 Å². The van der Waals surface area contributed by atoms with Crippen molar-refractivity contribution in [3.05, 3.63) is 28.2 Å². The van der Waals surface area contributed by atoms with Crippen LogP contribution >= 0.6 is 27.7 Å². The molecule has 0 amide bonds. The van der Waals surface area contributed by atoms with Crippen LogP contribution < -0.4 is 0 Å². The summed E-state index contributed by atoms with van der Waals surface area (Å²) in [6, 6.07) is 6.55. The number of rotatable bonds is 0. The van der Waals surface area contributed by atoms with Gasteiger partial charge in [-0.05, 0) is 29.7 Å². The molecular formula is C9H9BrS. The molecule has 0 aliphatic carbocycles. The number of fused-ring (bicyclic) bond motifs is 1. The number of hydrogen-bond acceptors (Lipinski definition) is 1. The highest BCUT2D eigenvalue weighted by Gasteiger charge is 2.18. The van der Waals surface area contributed by atoms with Gasteiger partial charge in [-0.1, -0.05) is 22.9 Å². The minimum absolute atomic E-state index is 0.729. The first-order valence-corrected chi connectivity index (χ1v) is 5.47. The second kappa shape index (κ2) is 2.83. The Morgan fingerprint density at radius 3 is 3.18 bits per heavy atom. The monoisotopic (exact) mass is 228 g/mol. The Morgan fingerprint density at radius 2 is 2.36 bits per heavy atom. The van der Waals surface area contributed by atoms with Crippen LogP contribution in [-0.2, 0) is 0 Å². The molecule has 2 rings (SSSR count). The molecule has 1 atom stereocenters. The second-order valence-corrected chi connectivity index (χ2v) is 4.87. The van der Waals surface area contributed by atoms with E-state index in [4.69, 9.17) is 0 Å². The molecule has 0 radical (unpaired) electrons. The Bertz CT molecular complexity index is 283. The molecule has 2 heteroatoms. The minimum Gasteiger partial charge on any atom is -0.125 e. The van der Waals surface area contributed by atoms with Gasteiger partial charge in [-0.15, -0.1) is 11.8 Å². The quantitative estimate of drug-likeness (QED) is 0.654. The molecule has 1 aliphatic heterocycles. The van der Waals surface area contributed by atoms with E-state index in [2.05, 4.69) is 41.1 Å². The number of halogens is 1. The maximum atomic E-state index is 3.48. The maximum Gasteiger partial charge on any atom is 0.0178 e. The molecule has 0 saturated carbocycles. The van der Waals surface area contributed by atoms with Crippen molar-refractivity contribution in [2.24, 2.45) is 0 Å². The zero-order chi connectivity index (χ0) is 7.84. The van der Waals surface area contributed by atoms with Crippen molar-refractivity contribution in [2.75, 3.05) is 5.75 Å². The van der Waals surface area contributed by atoms with Crippen LogP contribution in [0.3, 0.4) is 0 Å². The summed E-state index contributed by atoms with van der Waals surface area (Å²) < 4.78 is 1.20. The fraction of sp³-hybridized carbons (Fsp3) is 0.333. The fourth-order valence-corrected chi connectivity index (χ4v) is 2.92. The summed E-state index contributed by atoms with van der Waals surface area (Å²) in [5.74, 6) is 1.97. The van der Waals surface area contributed by atoms with Gasteiger partial charge in [0.2, 0.25) is 0 Å². The molecule has 1 unspecified atom stereocenters. The van der Waals surface area contributed by atoms with E-state index in [-0.39, 0.29) is 0 Å². The second-order valence-electron chi connectivity index (χ2n) is 2.89. The summed E-state index contributed by atoms with van der Waals surface area (Å²) in [7, 11) is 0. The number of thioether (sulfide) groups is 1. The van der Waals surface area contributed by atoms with Crippen LogP contribution in [0.1, 0.15) is 18.4 Å². The number of hydrogen-bond donors (Lipinski definition) is 0. The molecule has 1 heterocycles. The van der Waals surface area contributed by atoms with Crippen LogP contribution in [0, 0.1) is 0 Å². The topological polar surface area (TPSA) is 0 Å².